The van der Waals surface area contributed by atoms with Crippen LogP contribution in [0.2, 0.25) is 0 Å². The molecular formula is C19H27N3O3. The fourth-order valence-corrected chi connectivity index (χ4v) is 3.64. The Morgan fingerprint density at radius 1 is 1.04 bits per heavy atom. The molecule has 2 fully saturated rings. The van der Waals surface area contributed by atoms with Crippen molar-refractivity contribution in [3.05, 3.63) is 24.3 Å². The third-order valence-electron chi connectivity index (χ3n) is 5.08. The molecule has 0 aliphatic carbocycles. The average molecular weight is 345 g/mol. The van der Waals surface area contributed by atoms with Crippen molar-refractivity contribution in [3.63, 3.8) is 0 Å². The first-order chi connectivity index (χ1) is 12.2. The lowest BCUT2D eigenvalue weighted by molar-refractivity contribution is -0.121. The number of carbonyl (C=O) groups excluding carboxylic acids is 2. The van der Waals surface area contributed by atoms with Gasteiger partial charge in [-0.2, -0.15) is 0 Å². The maximum absolute atomic E-state index is 12.5. The van der Waals surface area contributed by atoms with Crippen molar-refractivity contribution in [1.82, 2.24) is 4.90 Å². The fraction of sp³-hybridized carbons (Fsp3) is 0.579. The molecule has 1 N–H and O–H groups in total. The molecule has 136 valence electrons. The van der Waals surface area contributed by atoms with E-state index < -0.39 is 0 Å². The number of ether oxygens (including phenoxy) is 1. The molecule has 1 unspecified atom stereocenters. The van der Waals surface area contributed by atoms with Crippen molar-refractivity contribution in [1.29, 1.82) is 0 Å². The Kier molecular flexibility index (Phi) is 5.79. The predicted molar refractivity (Wildman–Crippen MR) is 97.8 cm³/mol. The highest BCUT2D eigenvalue weighted by Crippen LogP contribution is 2.23. The number of nitrogens with one attached hydrogen (secondary N) is 1. The fourth-order valence-electron chi connectivity index (χ4n) is 3.64. The molecule has 2 aliphatic heterocycles. The Bertz CT molecular complexity index is 596. The number of rotatable bonds is 3. The maximum atomic E-state index is 12.5. The molecule has 3 rings (SSSR count). The summed E-state index contributed by atoms with van der Waals surface area (Å²) in [5.74, 6) is -0.214. The molecule has 1 aromatic rings. The molecule has 2 aliphatic rings. The molecular weight excluding hydrogens is 318 g/mol. The molecule has 2 amide bonds. The van der Waals surface area contributed by atoms with Gasteiger partial charge in [0, 0.05) is 37.6 Å². The van der Waals surface area contributed by atoms with Crippen molar-refractivity contribution >= 4 is 23.4 Å². The van der Waals surface area contributed by atoms with Crippen molar-refractivity contribution in [2.24, 2.45) is 5.92 Å². The van der Waals surface area contributed by atoms with Gasteiger partial charge in [-0.25, -0.2) is 4.79 Å². The van der Waals surface area contributed by atoms with Crippen LogP contribution in [0.3, 0.4) is 0 Å². The molecule has 25 heavy (non-hydrogen) atoms. The summed E-state index contributed by atoms with van der Waals surface area (Å²) >= 11 is 0. The van der Waals surface area contributed by atoms with Crippen LogP contribution in [-0.4, -0.2) is 50.2 Å². The molecule has 0 radical (unpaired) electrons. The Morgan fingerprint density at radius 2 is 1.76 bits per heavy atom. The summed E-state index contributed by atoms with van der Waals surface area (Å²) in [5.41, 5.74) is 2.02. The lowest BCUT2D eigenvalue weighted by Crippen LogP contribution is -2.43. The van der Waals surface area contributed by atoms with Gasteiger partial charge in [0.25, 0.3) is 0 Å². The number of anilines is 2. The summed E-state index contributed by atoms with van der Waals surface area (Å²) < 4.78 is 4.76. The summed E-state index contributed by atoms with van der Waals surface area (Å²) in [5, 5.41) is 2.98. The second kappa shape index (κ2) is 8.23. The first-order valence-electron chi connectivity index (χ1n) is 9.16. The number of piperidine rings is 2. The second-order valence-corrected chi connectivity index (χ2v) is 6.84. The average Bonchev–Trinajstić information content (AvgIpc) is 2.68. The van der Waals surface area contributed by atoms with Crippen molar-refractivity contribution in [3.8, 4) is 0 Å². The molecule has 1 atom stereocenters. The lowest BCUT2D eigenvalue weighted by atomic mass is 9.97. The van der Waals surface area contributed by atoms with Gasteiger partial charge in [-0.1, -0.05) is 0 Å². The smallest absolute Gasteiger partial charge is 0.409 e. The van der Waals surface area contributed by atoms with E-state index in [1.165, 1.54) is 32.1 Å². The van der Waals surface area contributed by atoms with E-state index in [1.807, 2.05) is 12.1 Å². The molecule has 6 nitrogen and oxygen atoms in total. The summed E-state index contributed by atoms with van der Waals surface area (Å²) in [7, 11) is 1.37. The highest BCUT2D eigenvalue weighted by atomic mass is 16.5. The van der Waals surface area contributed by atoms with Gasteiger partial charge in [-0.05, 0) is 56.4 Å². The number of benzene rings is 1. The minimum absolute atomic E-state index is 0.0284. The van der Waals surface area contributed by atoms with Gasteiger partial charge in [0.15, 0.2) is 0 Å². The zero-order chi connectivity index (χ0) is 17.6. The zero-order valence-electron chi connectivity index (χ0n) is 14.9. The van der Waals surface area contributed by atoms with Crippen LogP contribution in [0.5, 0.6) is 0 Å². The van der Waals surface area contributed by atoms with Crippen LogP contribution in [0.4, 0.5) is 16.2 Å². The van der Waals surface area contributed by atoms with Gasteiger partial charge in [0.1, 0.15) is 0 Å². The highest BCUT2D eigenvalue weighted by Gasteiger charge is 2.28. The lowest BCUT2D eigenvalue weighted by Gasteiger charge is -2.31. The van der Waals surface area contributed by atoms with Crippen LogP contribution in [-0.2, 0) is 9.53 Å². The molecule has 1 aromatic carbocycles. The van der Waals surface area contributed by atoms with E-state index in [0.717, 1.165) is 31.6 Å². The van der Waals surface area contributed by atoms with E-state index in [4.69, 9.17) is 4.74 Å². The Balaban J connectivity index is 1.56. The number of hydrogen-bond acceptors (Lipinski definition) is 4. The van der Waals surface area contributed by atoms with E-state index in [-0.39, 0.29) is 17.9 Å². The number of likely N-dealkylation sites (tertiary alicyclic amines) is 1. The SMILES string of the molecule is COC(=O)N1CCCC(C(=O)Nc2ccc(N3CCCCC3)cc2)C1. The van der Waals surface area contributed by atoms with Crippen molar-refractivity contribution < 1.29 is 14.3 Å². The first kappa shape index (κ1) is 17.6. The van der Waals surface area contributed by atoms with Crippen LogP contribution in [0, 0.1) is 5.92 Å². The standard InChI is InChI=1S/C19H27N3O3/c1-25-19(24)22-13-5-6-15(14-22)18(23)20-16-7-9-17(10-8-16)21-11-3-2-4-12-21/h7-10,15H,2-6,11-14H2,1H3,(H,20,23). The van der Waals surface area contributed by atoms with Crippen LogP contribution < -0.4 is 10.2 Å². The summed E-state index contributed by atoms with van der Waals surface area (Å²) in [4.78, 5) is 28.2. The molecule has 6 heteroatoms. The number of carbonyl (C=O) groups is 2. The summed E-state index contributed by atoms with van der Waals surface area (Å²) in [6.07, 6.45) is 5.07. The highest BCUT2D eigenvalue weighted by molar-refractivity contribution is 5.93. The predicted octanol–water partition coefficient (Wildman–Crippen LogP) is 3.09. The van der Waals surface area contributed by atoms with Crippen LogP contribution in [0.1, 0.15) is 32.1 Å². The third-order valence-corrected chi connectivity index (χ3v) is 5.08. The van der Waals surface area contributed by atoms with E-state index in [0.29, 0.717) is 13.1 Å². The van der Waals surface area contributed by atoms with E-state index in [1.54, 1.807) is 4.90 Å². The topological polar surface area (TPSA) is 61.9 Å². The van der Waals surface area contributed by atoms with E-state index in [2.05, 4.69) is 22.3 Å². The van der Waals surface area contributed by atoms with Gasteiger partial charge in [-0.3, -0.25) is 4.79 Å². The molecule has 2 saturated heterocycles. The van der Waals surface area contributed by atoms with Crippen LogP contribution in [0.25, 0.3) is 0 Å². The minimum Gasteiger partial charge on any atom is -0.453 e. The summed E-state index contributed by atoms with van der Waals surface area (Å²) in [6.45, 7) is 3.29. The monoisotopic (exact) mass is 345 g/mol. The quantitative estimate of drug-likeness (QED) is 0.914. The van der Waals surface area contributed by atoms with Crippen molar-refractivity contribution in [2.75, 3.05) is 43.5 Å². The van der Waals surface area contributed by atoms with Gasteiger partial charge >= 0.3 is 6.09 Å². The number of nitrogens with zero attached hydrogens (tertiary/aromatic N) is 2. The molecule has 0 bridgehead atoms. The number of methoxy groups -OCH3 is 1. The van der Waals surface area contributed by atoms with Gasteiger partial charge in [0.2, 0.25) is 5.91 Å². The largest absolute Gasteiger partial charge is 0.453 e. The van der Waals surface area contributed by atoms with Crippen LogP contribution in [0.15, 0.2) is 24.3 Å². The Labute approximate surface area is 149 Å². The van der Waals surface area contributed by atoms with Gasteiger partial charge < -0.3 is 19.9 Å². The van der Waals surface area contributed by atoms with E-state index >= 15 is 0 Å². The number of hydrogen-bond donors (Lipinski definition) is 1. The van der Waals surface area contributed by atoms with Gasteiger partial charge in [0.05, 0.1) is 13.0 Å². The molecule has 0 aromatic heterocycles. The second-order valence-electron chi connectivity index (χ2n) is 6.84. The van der Waals surface area contributed by atoms with Crippen LogP contribution >= 0.6 is 0 Å². The normalized spacial score (nSPS) is 20.9. The Hall–Kier alpha value is -2.24. The Morgan fingerprint density at radius 3 is 2.44 bits per heavy atom. The maximum Gasteiger partial charge on any atom is 0.409 e. The van der Waals surface area contributed by atoms with Gasteiger partial charge in [-0.15, -0.1) is 0 Å². The van der Waals surface area contributed by atoms with Crippen molar-refractivity contribution in [2.45, 2.75) is 32.1 Å². The minimum atomic E-state index is -0.358. The molecule has 0 saturated carbocycles. The third kappa shape index (κ3) is 4.44. The zero-order valence-corrected chi connectivity index (χ0v) is 14.9. The number of amides is 2. The summed E-state index contributed by atoms with van der Waals surface area (Å²) in [6, 6.07) is 8.07. The molecule has 0 spiro atoms. The first-order valence-corrected chi connectivity index (χ1v) is 9.16. The molecule has 2 heterocycles. The van der Waals surface area contributed by atoms with E-state index in [9.17, 15) is 9.59 Å².